The molecule has 0 bridgehead atoms. The third-order valence-electron chi connectivity index (χ3n) is 2.24. The summed E-state index contributed by atoms with van der Waals surface area (Å²) in [6.07, 6.45) is 2.41. The Morgan fingerprint density at radius 1 is 1.57 bits per heavy atom. The molecular weight excluding hydrogens is 218 g/mol. The van der Waals surface area contributed by atoms with Gasteiger partial charge in [0.25, 0.3) is 0 Å². The molecule has 0 aromatic rings. The van der Waals surface area contributed by atoms with Crippen molar-refractivity contribution < 1.29 is 9.90 Å². The molecule has 14 heavy (non-hydrogen) atoms. The van der Waals surface area contributed by atoms with Gasteiger partial charge in [0.1, 0.15) is 4.32 Å². The highest BCUT2D eigenvalue weighted by atomic mass is 32.2. The van der Waals surface area contributed by atoms with Gasteiger partial charge in [-0.05, 0) is 12.8 Å². The summed E-state index contributed by atoms with van der Waals surface area (Å²) in [7, 11) is 0. The fraction of sp³-hybridized carbons (Fsp3) is 0.778. The lowest BCUT2D eigenvalue weighted by Gasteiger charge is -2.18. The van der Waals surface area contributed by atoms with Crippen LogP contribution in [0, 0.1) is 5.92 Å². The molecule has 1 unspecified atom stereocenters. The number of aliphatic carboxylic acids is 1. The molecule has 80 valence electrons. The van der Waals surface area contributed by atoms with Gasteiger partial charge >= 0.3 is 5.97 Å². The zero-order chi connectivity index (χ0) is 10.6. The van der Waals surface area contributed by atoms with Gasteiger partial charge in [0.2, 0.25) is 0 Å². The molecule has 3 nitrogen and oxygen atoms in total. The number of nitrogens with zero attached hydrogens (tertiary/aromatic N) is 1. The molecule has 0 aromatic carbocycles. The number of rotatable bonds is 3. The van der Waals surface area contributed by atoms with Crippen LogP contribution in [0.25, 0.3) is 0 Å². The Labute approximate surface area is 93.9 Å². The average Bonchev–Trinajstić information content (AvgIpc) is 2.66. The monoisotopic (exact) mass is 233 g/mol. The van der Waals surface area contributed by atoms with Crippen LogP contribution in [0.15, 0.2) is 0 Å². The zero-order valence-electron chi connectivity index (χ0n) is 8.23. The third-order valence-corrected chi connectivity index (χ3v) is 4.03. The van der Waals surface area contributed by atoms with E-state index in [1.807, 2.05) is 0 Å². The van der Waals surface area contributed by atoms with Crippen LogP contribution in [-0.4, -0.2) is 39.1 Å². The lowest BCUT2D eigenvalue weighted by atomic mass is 10.2. The molecule has 1 fully saturated rings. The zero-order valence-corrected chi connectivity index (χ0v) is 9.87. The Morgan fingerprint density at radius 3 is 2.64 bits per heavy atom. The van der Waals surface area contributed by atoms with Gasteiger partial charge in [-0.3, -0.25) is 4.79 Å². The summed E-state index contributed by atoms with van der Waals surface area (Å²) in [5.74, 6) is -0.493. The van der Waals surface area contributed by atoms with Gasteiger partial charge in [-0.25, -0.2) is 0 Å². The predicted octanol–water partition coefficient (Wildman–Crippen LogP) is 1.82. The van der Waals surface area contributed by atoms with Crippen LogP contribution in [0.2, 0.25) is 0 Å². The largest absolute Gasteiger partial charge is 0.481 e. The van der Waals surface area contributed by atoms with Gasteiger partial charge < -0.3 is 10.0 Å². The van der Waals surface area contributed by atoms with E-state index in [0.717, 1.165) is 17.4 Å². The van der Waals surface area contributed by atoms with Crippen LogP contribution < -0.4 is 0 Å². The molecule has 1 heterocycles. The Morgan fingerprint density at radius 2 is 2.14 bits per heavy atom. The summed E-state index contributed by atoms with van der Waals surface area (Å²) in [4.78, 5) is 12.7. The number of hydrogen-bond acceptors (Lipinski definition) is 3. The second-order valence-electron chi connectivity index (χ2n) is 3.51. The summed E-state index contributed by atoms with van der Waals surface area (Å²) in [5.41, 5.74) is 0. The van der Waals surface area contributed by atoms with E-state index in [-0.39, 0.29) is 5.92 Å². The second-order valence-corrected chi connectivity index (χ2v) is 5.16. The highest BCUT2D eigenvalue weighted by Crippen LogP contribution is 2.18. The van der Waals surface area contributed by atoms with E-state index >= 15 is 0 Å². The first-order valence-corrected chi connectivity index (χ1v) is 6.15. The van der Waals surface area contributed by atoms with Gasteiger partial charge in [-0.2, -0.15) is 0 Å². The number of thiocarbonyl (C=S) groups is 1. The summed E-state index contributed by atoms with van der Waals surface area (Å²) in [5, 5.41) is 8.69. The van der Waals surface area contributed by atoms with Crippen LogP contribution in [0.1, 0.15) is 19.8 Å². The molecule has 0 aromatic heterocycles. The average molecular weight is 233 g/mol. The number of hydrogen-bond donors (Lipinski definition) is 1. The van der Waals surface area contributed by atoms with E-state index < -0.39 is 5.97 Å². The summed E-state index contributed by atoms with van der Waals surface area (Å²) >= 11 is 6.70. The third kappa shape index (κ3) is 3.46. The number of carboxylic acids is 1. The Kier molecular flexibility index (Phi) is 4.68. The summed E-state index contributed by atoms with van der Waals surface area (Å²) in [6.45, 7) is 3.78. The molecule has 0 amide bonds. The molecule has 1 saturated heterocycles. The van der Waals surface area contributed by atoms with Crippen molar-refractivity contribution >= 4 is 34.3 Å². The van der Waals surface area contributed by atoms with E-state index in [9.17, 15) is 4.79 Å². The fourth-order valence-electron chi connectivity index (χ4n) is 1.26. The van der Waals surface area contributed by atoms with Gasteiger partial charge in [-0.15, -0.1) is 0 Å². The van der Waals surface area contributed by atoms with E-state index in [1.54, 1.807) is 6.92 Å². The van der Waals surface area contributed by atoms with E-state index in [4.69, 9.17) is 17.3 Å². The maximum atomic E-state index is 10.6. The first kappa shape index (κ1) is 11.8. The minimum absolute atomic E-state index is 0.319. The molecule has 1 aliphatic rings. The van der Waals surface area contributed by atoms with Gasteiger partial charge in [-0.1, -0.05) is 30.9 Å². The molecular formula is C9H15NO2S2. The van der Waals surface area contributed by atoms with Crippen LogP contribution in [-0.2, 0) is 4.79 Å². The van der Waals surface area contributed by atoms with Crippen LogP contribution in [0.4, 0.5) is 0 Å². The quantitative estimate of drug-likeness (QED) is 0.753. The lowest BCUT2D eigenvalue weighted by molar-refractivity contribution is -0.140. The lowest BCUT2D eigenvalue weighted by Crippen LogP contribution is -2.24. The van der Waals surface area contributed by atoms with Crippen molar-refractivity contribution in [3.05, 3.63) is 0 Å². The van der Waals surface area contributed by atoms with Crippen LogP contribution in [0.5, 0.6) is 0 Å². The molecule has 0 spiro atoms. The van der Waals surface area contributed by atoms with Crippen LogP contribution >= 0.6 is 24.0 Å². The second kappa shape index (κ2) is 5.56. The van der Waals surface area contributed by atoms with E-state index in [2.05, 4.69) is 4.90 Å². The summed E-state index contributed by atoms with van der Waals surface area (Å²) in [6, 6.07) is 0. The highest BCUT2D eigenvalue weighted by Gasteiger charge is 2.17. The molecule has 0 aliphatic carbocycles. The van der Waals surface area contributed by atoms with Gasteiger partial charge in [0.05, 0.1) is 5.92 Å². The smallest absolute Gasteiger partial charge is 0.307 e. The van der Waals surface area contributed by atoms with Crippen molar-refractivity contribution in [1.82, 2.24) is 4.90 Å². The maximum absolute atomic E-state index is 10.6. The Bertz CT molecular complexity index is 227. The molecule has 0 saturated carbocycles. The number of carboxylic acid groups (broad SMARTS) is 1. The highest BCUT2D eigenvalue weighted by molar-refractivity contribution is 8.22. The van der Waals surface area contributed by atoms with Crippen molar-refractivity contribution in [2.24, 2.45) is 5.92 Å². The number of carbonyl (C=O) groups is 1. The molecule has 1 N–H and O–H groups in total. The standard InChI is InChI=1S/C9H15NO2S2/c1-7(8(11)12)6-14-9(13)10-4-2-3-5-10/h7H,2-6H2,1H3,(H,11,12). The van der Waals surface area contributed by atoms with Gasteiger partial charge in [0.15, 0.2) is 0 Å². The topological polar surface area (TPSA) is 40.5 Å². The minimum atomic E-state index is -0.748. The molecule has 1 rings (SSSR count). The molecule has 0 radical (unpaired) electrons. The molecule has 5 heteroatoms. The first-order valence-electron chi connectivity index (χ1n) is 4.75. The molecule has 1 aliphatic heterocycles. The van der Waals surface area contributed by atoms with Gasteiger partial charge in [0, 0.05) is 18.8 Å². The van der Waals surface area contributed by atoms with Crippen molar-refractivity contribution in [2.45, 2.75) is 19.8 Å². The van der Waals surface area contributed by atoms with Crippen LogP contribution in [0.3, 0.4) is 0 Å². The maximum Gasteiger partial charge on any atom is 0.307 e. The molecule has 1 atom stereocenters. The van der Waals surface area contributed by atoms with E-state index in [1.165, 1.54) is 24.6 Å². The SMILES string of the molecule is CC(CSC(=S)N1CCCC1)C(=O)O. The van der Waals surface area contributed by atoms with Crippen molar-refractivity contribution in [2.75, 3.05) is 18.8 Å². The Hall–Kier alpha value is -0.290. The Balaban J connectivity index is 2.23. The van der Waals surface area contributed by atoms with Crippen molar-refractivity contribution in [3.8, 4) is 0 Å². The number of likely N-dealkylation sites (tertiary alicyclic amines) is 1. The normalized spacial score (nSPS) is 18.2. The number of thioether (sulfide) groups is 1. The van der Waals surface area contributed by atoms with E-state index in [0.29, 0.717) is 5.75 Å². The minimum Gasteiger partial charge on any atom is -0.481 e. The summed E-state index contributed by atoms with van der Waals surface area (Å²) < 4.78 is 0.857. The predicted molar refractivity (Wildman–Crippen MR) is 62.7 cm³/mol. The van der Waals surface area contributed by atoms with Crippen molar-refractivity contribution in [1.29, 1.82) is 0 Å². The van der Waals surface area contributed by atoms with Crippen molar-refractivity contribution in [3.63, 3.8) is 0 Å². The fourth-order valence-corrected chi connectivity index (χ4v) is 2.55. The first-order chi connectivity index (χ1) is 6.61.